The first-order valence-electron chi connectivity index (χ1n) is 11.0. The van der Waals surface area contributed by atoms with Gasteiger partial charge in [0.25, 0.3) is 5.91 Å². The first-order valence-corrected chi connectivity index (χ1v) is 11.0. The van der Waals surface area contributed by atoms with Gasteiger partial charge < -0.3 is 5.32 Å². The second kappa shape index (κ2) is 8.47. The molecule has 2 aromatic carbocycles. The van der Waals surface area contributed by atoms with E-state index in [0.29, 0.717) is 5.69 Å². The Morgan fingerprint density at radius 1 is 0.900 bits per heavy atom. The molecule has 1 aliphatic rings. The minimum absolute atomic E-state index is 0.0367. The lowest BCUT2D eigenvalue weighted by Crippen LogP contribution is -2.37. The van der Waals surface area contributed by atoms with Crippen molar-refractivity contribution in [1.82, 2.24) is 15.1 Å². The molecule has 0 aliphatic heterocycles. The van der Waals surface area contributed by atoms with Crippen LogP contribution in [0.4, 0.5) is 0 Å². The largest absolute Gasteiger partial charge is 0.348 e. The number of rotatable bonds is 4. The summed E-state index contributed by atoms with van der Waals surface area (Å²) in [5.74, 6) is -0.0367. The minimum Gasteiger partial charge on any atom is -0.348 e. The van der Waals surface area contributed by atoms with Gasteiger partial charge in [0, 0.05) is 11.6 Å². The standard InChI is InChI=1S/C26H31N3O/c1-17-10-11-19(3)24(14-17)29-25(26(30)27-22-8-6-5-7-9-22)16-23(28-29)21-13-12-18(2)20(4)15-21/h10-16,22H,5-9H2,1-4H3,(H,27,30). The van der Waals surface area contributed by atoms with Gasteiger partial charge in [-0.05, 0) is 81.0 Å². The van der Waals surface area contributed by atoms with E-state index in [0.717, 1.165) is 40.9 Å². The summed E-state index contributed by atoms with van der Waals surface area (Å²) < 4.78 is 1.82. The van der Waals surface area contributed by atoms with E-state index in [9.17, 15) is 4.79 Å². The van der Waals surface area contributed by atoms with Gasteiger partial charge >= 0.3 is 0 Å². The van der Waals surface area contributed by atoms with Gasteiger partial charge in [0.1, 0.15) is 5.69 Å². The Kier molecular flexibility index (Phi) is 5.76. The molecule has 156 valence electrons. The maximum Gasteiger partial charge on any atom is 0.270 e. The molecule has 0 atom stereocenters. The molecule has 1 saturated carbocycles. The average molecular weight is 402 g/mol. The zero-order chi connectivity index (χ0) is 21.3. The maximum absolute atomic E-state index is 13.3. The van der Waals surface area contributed by atoms with Gasteiger partial charge in [0.15, 0.2) is 0 Å². The van der Waals surface area contributed by atoms with Crippen LogP contribution in [0.2, 0.25) is 0 Å². The molecule has 0 spiro atoms. The van der Waals surface area contributed by atoms with Crippen LogP contribution >= 0.6 is 0 Å². The predicted molar refractivity (Wildman–Crippen MR) is 122 cm³/mol. The third-order valence-electron chi connectivity index (χ3n) is 6.28. The lowest BCUT2D eigenvalue weighted by molar-refractivity contribution is 0.0920. The zero-order valence-corrected chi connectivity index (χ0v) is 18.5. The molecule has 1 amide bonds. The average Bonchev–Trinajstić information content (AvgIpc) is 3.18. The molecule has 4 nitrogen and oxygen atoms in total. The second-order valence-corrected chi connectivity index (χ2v) is 8.72. The maximum atomic E-state index is 13.3. The molecule has 1 aliphatic carbocycles. The summed E-state index contributed by atoms with van der Waals surface area (Å²) in [6.07, 6.45) is 5.77. The van der Waals surface area contributed by atoms with Gasteiger partial charge in [-0.1, -0.05) is 43.5 Å². The summed E-state index contributed by atoms with van der Waals surface area (Å²) >= 11 is 0. The Labute approximate surface area is 179 Å². The van der Waals surface area contributed by atoms with E-state index < -0.39 is 0 Å². The van der Waals surface area contributed by atoms with Gasteiger partial charge in [0.2, 0.25) is 0 Å². The molecule has 4 heteroatoms. The van der Waals surface area contributed by atoms with Crippen LogP contribution in [-0.4, -0.2) is 21.7 Å². The number of hydrogen-bond donors (Lipinski definition) is 1. The van der Waals surface area contributed by atoms with Crippen LogP contribution in [0.15, 0.2) is 42.5 Å². The van der Waals surface area contributed by atoms with E-state index in [2.05, 4.69) is 69.4 Å². The molecule has 1 aromatic heterocycles. The van der Waals surface area contributed by atoms with Crippen molar-refractivity contribution >= 4 is 5.91 Å². The predicted octanol–water partition coefficient (Wildman–Crippen LogP) is 5.84. The van der Waals surface area contributed by atoms with Crippen molar-refractivity contribution in [3.05, 3.63) is 70.4 Å². The lowest BCUT2D eigenvalue weighted by Gasteiger charge is -2.23. The Hall–Kier alpha value is -2.88. The highest BCUT2D eigenvalue weighted by atomic mass is 16.2. The minimum atomic E-state index is -0.0367. The quantitative estimate of drug-likeness (QED) is 0.597. The SMILES string of the molecule is Cc1ccc(C)c(-n2nc(-c3ccc(C)c(C)c3)cc2C(=O)NC2CCCCC2)c1. The number of aryl methyl sites for hydroxylation is 4. The molecule has 1 fully saturated rings. The number of benzene rings is 2. The van der Waals surface area contributed by atoms with E-state index >= 15 is 0 Å². The van der Waals surface area contributed by atoms with Gasteiger partial charge in [-0.2, -0.15) is 5.10 Å². The number of carbonyl (C=O) groups excluding carboxylic acids is 1. The molecule has 0 unspecified atom stereocenters. The van der Waals surface area contributed by atoms with Crippen molar-refractivity contribution in [2.24, 2.45) is 0 Å². The van der Waals surface area contributed by atoms with E-state index in [1.807, 2.05) is 10.7 Å². The van der Waals surface area contributed by atoms with Gasteiger partial charge in [-0.25, -0.2) is 4.68 Å². The third-order valence-corrected chi connectivity index (χ3v) is 6.28. The van der Waals surface area contributed by atoms with Crippen LogP contribution in [0.1, 0.15) is 64.8 Å². The highest BCUT2D eigenvalue weighted by molar-refractivity contribution is 5.94. The molecule has 30 heavy (non-hydrogen) atoms. The fraction of sp³-hybridized carbons (Fsp3) is 0.385. The highest BCUT2D eigenvalue weighted by Crippen LogP contribution is 2.26. The first-order chi connectivity index (χ1) is 14.4. The Morgan fingerprint density at radius 2 is 1.63 bits per heavy atom. The Bertz CT molecular complexity index is 1070. The summed E-state index contributed by atoms with van der Waals surface area (Å²) in [5, 5.41) is 8.16. The molecule has 0 saturated heterocycles. The van der Waals surface area contributed by atoms with Crippen LogP contribution in [0.5, 0.6) is 0 Å². The molecule has 1 N–H and O–H groups in total. The van der Waals surface area contributed by atoms with Crippen LogP contribution in [0.3, 0.4) is 0 Å². The Morgan fingerprint density at radius 3 is 2.37 bits per heavy atom. The van der Waals surface area contributed by atoms with Gasteiger partial charge in [-0.3, -0.25) is 4.79 Å². The lowest BCUT2D eigenvalue weighted by atomic mass is 9.95. The van der Waals surface area contributed by atoms with Crippen LogP contribution in [0.25, 0.3) is 16.9 Å². The molecule has 4 rings (SSSR count). The fourth-order valence-electron chi connectivity index (χ4n) is 4.22. The second-order valence-electron chi connectivity index (χ2n) is 8.72. The summed E-state index contributed by atoms with van der Waals surface area (Å²) in [6, 6.07) is 14.8. The van der Waals surface area contributed by atoms with E-state index in [-0.39, 0.29) is 11.9 Å². The normalized spacial score (nSPS) is 14.7. The van der Waals surface area contributed by atoms with Crippen LogP contribution in [0, 0.1) is 27.7 Å². The monoisotopic (exact) mass is 401 g/mol. The van der Waals surface area contributed by atoms with E-state index in [1.165, 1.54) is 30.4 Å². The van der Waals surface area contributed by atoms with Crippen molar-refractivity contribution in [3.63, 3.8) is 0 Å². The fourth-order valence-corrected chi connectivity index (χ4v) is 4.22. The Balaban J connectivity index is 1.77. The van der Waals surface area contributed by atoms with Crippen LogP contribution < -0.4 is 5.32 Å². The molecular weight excluding hydrogens is 370 g/mol. The molecule has 1 heterocycles. The molecule has 0 radical (unpaired) electrons. The van der Waals surface area contributed by atoms with Gasteiger partial charge in [-0.15, -0.1) is 0 Å². The third kappa shape index (κ3) is 4.18. The summed E-state index contributed by atoms with van der Waals surface area (Å²) in [4.78, 5) is 13.3. The van der Waals surface area contributed by atoms with Crippen LogP contribution in [-0.2, 0) is 0 Å². The number of amides is 1. The number of nitrogens with one attached hydrogen (secondary N) is 1. The van der Waals surface area contributed by atoms with Crippen molar-refractivity contribution in [3.8, 4) is 16.9 Å². The van der Waals surface area contributed by atoms with E-state index in [4.69, 9.17) is 5.10 Å². The summed E-state index contributed by atoms with van der Waals surface area (Å²) in [6.45, 7) is 8.35. The smallest absolute Gasteiger partial charge is 0.270 e. The van der Waals surface area contributed by atoms with Crippen molar-refractivity contribution in [1.29, 1.82) is 0 Å². The topological polar surface area (TPSA) is 46.9 Å². The number of hydrogen-bond acceptors (Lipinski definition) is 2. The number of carbonyl (C=O) groups is 1. The molecule has 3 aromatic rings. The van der Waals surface area contributed by atoms with Crippen molar-refractivity contribution in [2.75, 3.05) is 0 Å². The molecule has 0 bridgehead atoms. The number of aromatic nitrogens is 2. The van der Waals surface area contributed by atoms with Crippen molar-refractivity contribution in [2.45, 2.75) is 65.8 Å². The highest BCUT2D eigenvalue weighted by Gasteiger charge is 2.22. The molecular formula is C26H31N3O. The first kappa shape index (κ1) is 20.4. The number of nitrogens with zero attached hydrogens (tertiary/aromatic N) is 2. The van der Waals surface area contributed by atoms with Crippen molar-refractivity contribution < 1.29 is 4.79 Å². The van der Waals surface area contributed by atoms with Gasteiger partial charge in [0.05, 0.1) is 11.4 Å². The summed E-state index contributed by atoms with van der Waals surface area (Å²) in [5.41, 5.74) is 8.15. The zero-order valence-electron chi connectivity index (χ0n) is 18.5. The summed E-state index contributed by atoms with van der Waals surface area (Å²) in [7, 11) is 0. The van der Waals surface area contributed by atoms with E-state index in [1.54, 1.807) is 0 Å².